The predicted molar refractivity (Wildman–Crippen MR) is 126 cm³/mol. The van der Waals surface area contributed by atoms with Gasteiger partial charge >= 0.3 is 0 Å². The van der Waals surface area contributed by atoms with Crippen molar-refractivity contribution in [1.82, 2.24) is 9.97 Å². The molecular formula is C25H31N3O5. The van der Waals surface area contributed by atoms with Gasteiger partial charge in [-0.05, 0) is 48.2 Å². The van der Waals surface area contributed by atoms with Crippen LogP contribution in [0.4, 0.5) is 5.95 Å². The van der Waals surface area contributed by atoms with Crippen molar-refractivity contribution in [2.45, 2.75) is 25.9 Å². The highest BCUT2D eigenvalue weighted by Gasteiger charge is 2.20. The first kappa shape index (κ1) is 24.1. The number of benzene rings is 2. The average Bonchev–Trinajstić information content (AvgIpc) is 2.87. The molecule has 176 valence electrons. The predicted octanol–water partition coefficient (Wildman–Crippen LogP) is 3.64. The third kappa shape index (κ3) is 6.26. The first-order chi connectivity index (χ1) is 16.1. The molecule has 0 aliphatic rings. The van der Waals surface area contributed by atoms with Gasteiger partial charge in [0.1, 0.15) is 11.5 Å². The number of anilines is 1. The summed E-state index contributed by atoms with van der Waals surface area (Å²) in [6, 6.07) is 15.8. The number of aromatic nitrogens is 2. The van der Waals surface area contributed by atoms with Crippen LogP contribution >= 0.6 is 0 Å². The molecule has 0 aliphatic carbocycles. The van der Waals surface area contributed by atoms with Crippen LogP contribution in [-0.2, 0) is 19.5 Å². The molecule has 8 heteroatoms. The summed E-state index contributed by atoms with van der Waals surface area (Å²) < 4.78 is 21.7. The maximum absolute atomic E-state index is 9.25. The molecule has 3 aromatic rings. The topological polar surface area (TPSA) is 86.2 Å². The smallest absolute Gasteiger partial charge is 0.232 e. The summed E-state index contributed by atoms with van der Waals surface area (Å²) in [7, 11) is 6.45. The minimum atomic E-state index is 0.0646. The standard InChI is InChI=1S/C25H31N3O5/c1-30-20-11-7-18(8-12-20)16-28(17-19-9-13-21(31-2)14-10-19)25-26-23(32-3)22(6-5-15-29)24(27-25)33-4/h7-14,29H,5-6,15-17H2,1-4H3. The van der Waals surface area contributed by atoms with Gasteiger partial charge in [-0.25, -0.2) is 0 Å². The van der Waals surface area contributed by atoms with Crippen molar-refractivity contribution >= 4 is 5.95 Å². The summed E-state index contributed by atoms with van der Waals surface area (Å²) in [5.41, 5.74) is 2.90. The van der Waals surface area contributed by atoms with Crippen molar-refractivity contribution < 1.29 is 24.1 Å². The Labute approximate surface area is 194 Å². The second kappa shape index (κ2) is 11.9. The molecule has 0 atom stereocenters. The van der Waals surface area contributed by atoms with E-state index in [1.54, 1.807) is 28.4 Å². The number of hydrogen-bond acceptors (Lipinski definition) is 8. The summed E-state index contributed by atoms with van der Waals surface area (Å²) in [4.78, 5) is 11.4. The number of nitrogens with zero attached hydrogens (tertiary/aromatic N) is 3. The Morgan fingerprint density at radius 3 is 1.52 bits per heavy atom. The van der Waals surface area contributed by atoms with Crippen LogP contribution in [0.5, 0.6) is 23.3 Å². The van der Waals surface area contributed by atoms with Gasteiger partial charge in [-0.2, -0.15) is 9.97 Å². The molecule has 0 unspecified atom stereocenters. The summed E-state index contributed by atoms with van der Waals surface area (Å²) in [5, 5.41) is 9.25. The van der Waals surface area contributed by atoms with E-state index >= 15 is 0 Å². The van der Waals surface area contributed by atoms with Gasteiger partial charge in [-0.3, -0.25) is 0 Å². The summed E-state index contributed by atoms with van der Waals surface area (Å²) in [6.45, 7) is 1.20. The largest absolute Gasteiger partial charge is 0.497 e. The van der Waals surface area contributed by atoms with Crippen molar-refractivity contribution in [3.63, 3.8) is 0 Å². The van der Waals surface area contributed by atoms with Gasteiger partial charge in [-0.1, -0.05) is 24.3 Å². The van der Waals surface area contributed by atoms with Crippen LogP contribution in [0, 0.1) is 0 Å². The lowest BCUT2D eigenvalue weighted by Gasteiger charge is -2.25. The minimum Gasteiger partial charge on any atom is -0.497 e. The molecule has 0 amide bonds. The second-order valence-electron chi connectivity index (χ2n) is 7.40. The fourth-order valence-electron chi connectivity index (χ4n) is 3.48. The van der Waals surface area contributed by atoms with E-state index in [1.807, 2.05) is 48.5 Å². The number of methoxy groups -OCH3 is 4. The SMILES string of the molecule is COc1ccc(CN(Cc2ccc(OC)cc2)c2nc(OC)c(CCCO)c(OC)n2)cc1. The highest BCUT2D eigenvalue weighted by atomic mass is 16.5. The van der Waals surface area contributed by atoms with Gasteiger partial charge in [0.25, 0.3) is 0 Å². The Balaban J connectivity index is 1.98. The molecule has 1 N–H and O–H groups in total. The Bertz CT molecular complexity index is 935. The molecule has 1 aromatic heterocycles. The molecule has 1 heterocycles. The Morgan fingerprint density at radius 2 is 1.15 bits per heavy atom. The van der Waals surface area contributed by atoms with Gasteiger partial charge in [0, 0.05) is 19.7 Å². The number of aliphatic hydroxyl groups is 1. The van der Waals surface area contributed by atoms with Gasteiger partial charge < -0.3 is 29.0 Å². The molecule has 0 saturated heterocycles. The third-order valence-electron chi connectivity index (χ3n) is 5.24. The van der Waals surface area contributed by atoms with Gasteiger partial charge in [0.2, 0.25) is 17.7 Å². The molecule has 0 aliphatic heterocycles. The van der Waals surface area contributed by atoms with E-state index in [9.17, 15) is 5.11 Å². The van der Waals surface area contributed by atoms with E-state index in [1.165, 1.54) is 0 Å². The molecule has 0 fully saturated rings. The van der Waals surface area contributed by atoms with Crippen LogP contribution < -0.4 is 23.8 Å². The van der Waals surface area contributed by atoms with E-state index in [0.717, 1.165) is 28.2 Å². The minimum absolute atomic E-state index is 0.0646. The first-order valence-corrected chi connectivity index (χ1v) is 10.7. The highest BCUT2D eigenvalue weighted by molar-refractivity contribution is 5.45. The summed E-state index contributed by atoms with van der Waals surface area (Å²) in [6.07, 6.45) is 1.12. The Kier molecular flexibility index (Phi) is 8.71. The van der Waals surface area contributed by atoms with Crippen LogP contribution in [-0.4, -0.2) is 50.1 Å². The van der Waals surface area contributed by atoms with Crippen molar-refractivity contribution in [2.75, 3.05) is 39.9 Å². The van der Waals surface area contributed by atoms with E-state index in [-0.39, 0.29) is 6.61 Å². The normalized spacial score (nSPS) is 10.6. The van der Waals surface area contributed by atoms with Crippen LogP contribution in [0.2, 0.25) is 0 Å². The molecule has 0 bridgehead atoms. The van der Waals surface area contributed by atoms with E-state index in [0.29, 0.717) is 43.6 Å². The van der Waals surface area contributed by atoms with E-state index < -0.39 is 0 Å². The fourth-order valence-corrected chi connectivity index (χ4v) is 3.48. The van der Waals surface area contributed by atoms with Gasteiger partial charge in [0.15, 0.2) is 0 Å². The molecule has 0 radical (unpaired) electrons. The zero-order valence-electron chi connectivity index (χ0n) is 19.6. The maximum atomic E-state index is 9.25. The molecule has 0 saturated carbocycles. The number of aliphatic hydroxyl groups excluding tert-OH is 1. The fraction of sp³-hybridized carbons (Fsp3) is 0.360. The monoisotopic (exact) mass is 453 g/mol. The van der Waals surface area contributed by atoms with E-state index in [4.69, 9.17) is 28.9 Å². The quantitative estimate of drug-likeness (QED) is 0.445. The molecule has 0 spiro atoms. The molecule has 2 aromatic carbocycles. The molecule has 3 rings (SSSR count). The molecule has 33 heavy (non-hydrogen) atoms. The van der Waals surface area contributed by atoms with Crippen molar-refractivity contribution in [3.8, 4) is 23.3 Å². The lowest BCUT2D eigenvalue weighted by Crippen LogP contribution is -2.25. The Hall–Kier alpha value is -3.52. The number of rotatable bonds is 12. The number of hydrogen-bond donors (Lipinski definition) is 1. The van der Waals surface area contributed by atoms with Crippen LogP contribution in [0.1, 0.15) is 23.1 Å². The maximum Gasteiger partial charge on any atom is 0.232 e. The zero-order valence-corrected chi connectivity index (χ0v) is 19.6. The highest BCUT2D eigenvalue weighted by Crippen LogP contribution is 2.30. The van der Waals surface area contributed by atoms with Crippen molar-refractivity contribution in [3.05, 3.63) is 65.2 Å². The summed E-state index contributed by atoms with van der Waals surface area (Å²) in [5.74, 6) is 2.98. The van der Waals surface area contributed by atoms with Crippen LogP contribution in [0.25, 0.3) is 0 Å². The first-order valence-electron chi connectivity index (χ1n) is 10.7. The second-order valence-corrected chi connectivity index (χ2v) is 7.40. The summed E-state index contributed by atoms with van der Waals surface area (Å²) >= 11 is 0. The number of ether oxygens (including phenoxy) is 4. The lowest BCUT2D eigenvalue weighted by atomic mass is 10.1. The Morgan fingerprint density at radius 1 is 0.697 bits per heavy atom. The van der Waals surface area contributed by atoms with Crippen molar-refractivity contribution in [1.29, 1.82) is 0 Å². The molecular weight excluding hydrogens is 422 g/mol. The van der Waals surface area contributed by atoms with E-state index in [2.05, 4.69) is 4.90 Å². The molecule has 8 nitrogen and oxygen atoms in total. The van der Waals surface area contributed by atoms with Crippen LogP contribution in [0.3, 0.4) is 0 Å². The zero-order chi connectivity index (χ0) is 23.6. The van der Waals surface area contributed by atoms with Gasteiger partial charge in [0.05, 0.1) is 34.0 Å². The van der Waals surface area contributed by atoms with Crippen molar-refractivity contribution in [2.24, 2.45) is 0 Å². The average molecular weight is 454 g/mol. The lowest BCUT2D eigenvalue weighted by molar-refractivity contribution is 0.285. The third-order valence-corrected chi connectivity index (χ3v) is 5.24. The van der Waals surface area contributed by atoms with Gasteiger partial charge in [-0.15, -0.1) is 0 Å². The van der Waals surface area contributed by atoms with Crippen LogP contribution in [0.15, 0.2) is 48.5 Å².